The second-order valence-electron chi connectivity index (χ2n) is 7.18. The first kappa shape index (κ1) is 25.6. The summed E-state index contributed by atoms with van der Waals surface area (Å²) in [6.07, 6.45) is -5.42. The third-order valence-electron chi connectivity index (χ3n) is 4.38. The molecule has 12 heteroatoms. The topological polar surface area (TPSA) is 164 Å². The Labute approximate surface area is 189 Å². The van der Waals surface area contributed by atoms with Crippen LogP contribution in [0, 0.1) is 0 Å². The van der Waals surface area contributed by atoms with E-state index in [9.17, 15) is 29.1 Å². The van der Waals surface area contributed by atoms with E-state index in [2.05, 4.69) is 5.32 Å². The number of ether oxygens (including phenoxy) is 5. The maximum atomic E-state index is 12.7. The molecule has 0 spiro atoms. The van der Waals surface area contributed by atoms with Gasteiger partial charge in [-0.1, -0.05) is 6.07 Å². The lowest BCUT2D eigenvalue weighted by atomic mass is 9.96. The second kappa shape index (κ2) is 11.3. The minimum atomic E-state index is -1.54. The van der Waals surface area contributed by atoms with Gasteiger partial charge in [0.25, 0.3) is 0 Å². The van der Waals surface area contributed by atoms with Gasteiger partial charge in [-0.25, -0.2) is 4.79 Å². The van der Waals surface area contributed by atoms with E-state index in [1.807, 2.05) is 0 Å². The van der Waals surface area contributed by atoms with Gasteiger partial charge >= 0.3 is 23.9 Å². The van der Waals surface area contributed by atoms with Gasteiger partial charge in [0, 0.05) is 27.7 Å². The molecule has 5 atom stereocenters. The lowest BCUT2D eigenvalue weighted by Crippen LogP contribution is -2.66. The summed E-state index contributed by atoms with van der Waals surface area (Å²) in [5, 5.41) is 12.1. The van der Waals surface area contributed by atoms with Crippen molar-refractivity contribution in [3.8, 4) is 5.75 Å². The van der Waals surface area contributed by atoms with E-state index >= 15 is 0 Å². The number of phenols is 1. The predicted octanol–water partition coefficient (Wildman–Crippen LogP) is 0.205. The van der Waals surface area contributed by atoms with Crippen molar-refractivity contribution in [1.82, 2.24) is 5.32 Å². The van der Waals surface area contributed by atoms with Gasteiger partial charge < -0.3 is 34.1 Å². The van der Waals surface area contributed by atoms with Crippen LogP contribution in [0.4, 0.5) is 0 Å². The molecule has 1 aromatic rings. The molecular weight excluding hydrogens is 442 g/mol. The number of carbonyl (C=O) groups is 5. The number of aromatic hydroxyl groups is 1. The zero-order chi connectivity index (χ0) is 24.7. The predicted molar refractivity (Wildman–Crippen MR) is 108 cm³/mol. The minimum absolute atomic E-state index is 0.0251. The molecule has 0 unspecified atom stereocenters. The van der Waals surface area contributed by atoms with Gasteiger partial charge in [-0.05, 0) is 18.2 Å². The van der Waals surface area contributed by atoms with Crippen LogP contribution in [-0.2, 0) is 42.9 Å². The molecular formula is C21H25NO11. The highest BCUT2D eigenvalue weighted by molar-refractivity contribution is 5.90. The smallest absolute Gasteiger partial charge is 0.340 e. The summed E-state index contributed by atoms with van der Waals surface area (Å²) in [5.41, 5.74) is -0.0251. The summed E-state index contributed by atoms with van der Waals surface area (Å²) in [5.74, 6) is -3.90. The van der Waals surface area contributed by atoms with E-state index in [1.165, 1.54) is 25.1 Å². The number of rotatable bonds is 7. The number of carbonyl (C=O) groups excluding carboxylic acids is 5. The van der Waals surface area contributed by atoms with Gasteiger partial charge in [-0.15, -0.1) is 0 Å². The molecule has 0 aromatic heterocycles. The summed E-state index contributed by atoms with van der Waals surface area (Å²) < 4.78 is 26.6. The summed E-state index contributed by atoms with van der Waals surface area (Å²) in [4.78, 5) is 59.3. The zero-order valence-corrected chi connectivity index (χ0v) is 18.4. The highest BCUT2D eigenvalue weighted by Gasteiger charge is 2.52. The van der Waals surface area contributed by atoms with Crippen molar-refractivity contribution in [3.05, 3.63) is 29.8 Å². The van der Waals surface area contributed by atoms with Crippen molar-refractivity contribution in [1.29, 1.82) is 0 Å². The number of benzene rings is 1. The lowest BCUT2D eigenvalue weighted by Gasteiger charge is -2.44. The minimum Gasteiger partial charge on any atom is -0.508 e. The normalized spacial score (nSPS) is 24.2. The fourth-order valence-corrected chi connectivity index (χ4v) is 3.20. The molecule has 0 aliphatic carbocycles. The molecule has 2 N–H and O–H groups in total. The van der Waals surface area contributed by atoms with E-state index < -0.39 is 67.0 Å². The van der Waals surface area contributed by atoms with Gasteiger partial charge in [0.1, 0.15) is 24.5 Å². The molecule has 0 radical (unpaired) electrons. The van der Waals surface area contributed by atoms with E-state index in [4.69, 9.17) is 23.7 Å². The number of hydrogen-bond acceptors (Lipinski definition) is 11. The third kappa shape index (κ3) is 7.45. The Hall–Kier alpha value is -3.67. The van der Waals surface area contributed by atoms with Gasteiger partial charge in [-0.3, -0.25) is 19.2 Å². The van der Waals surface area contributed by atoms with E-state index in [1.54, 1.807) is 0 Å². The lowest BCUT2D eigenvalue weighted by molar-refractivity contribution is -0.263. The fourth-order valence-electron chi connectivity index (χ4n) is 3.20. The Morgan fingerprint density at radius 2 is 1.58 bits per heavy atom. The Balaban J connectivity index is 2.43. The van der Waals surface area contributed by atoms with Crippen molar-refractivity contribution in [2.75, 3.05) is 6.61 Å². The first-order valence-electron chi connectivity index (χ1n) is 9.88. The van der Waals surface area contributed by atoms with Crippen molar-refractivity contribution < 1.29 is 52.8 Å². The standard InChI is InChI=1S/C21H25NO11/c1-10(23)22-17-19(31-13(4)26)18(30-12(3)25)16(9-29-11(2)24)32-21(17)33-20(28)14-6-5-7-15(27)8-14/h5-8,16-19,21,27H,9H2,1-4H3,(H,22,23)/t16-,17-,18+,19+,21+/m0/s1. The summed E-state index contributed by atoms with van der Waals surface area (Å²) in [6, 6.07) is 4.01. The average Bonchev–Trinajstić information content (AvgIpc) is 2.69. The highest BCUT2D eigenvalue weighted by atomic mass is 16.7. The van der Waals surface area contributed by atoms with E-state index in [-0.39, 0.29) is 11.3 Å². The molecule has 0 saturated carbocycles. The van der Waals surface area contributed by atoms with Crippen LogP contribution in [0.3, 0.4) is 0 Å². The third-order valence-corrected chi connectivity index (χ3v) is 4.38. The molecule has 2 rings (SSSR count). The van der Waals surface area contributed by atoms with Crippen molar-refractivity contribution in [3.63, 3.8) is 0 Å². The van der Waals surface area contributed by atoms with Gasteiger partial charge in [0.2, 0.25) is 12.2 Å². The monoisotopic (exact) mass is 467 g/mol. The Bertz CT molecular complexity index is 915. The molecule has 180 valence electrons. The molecule has 1 aromatic carbocycles. The van der Waals surface area contributed by atoms with Crippen LogP contribution in [0.1, 0.15) is 38.1 Å². The largest absolute Gasteiger partial charge is 0.508 e. The molecule has 0 bridgehead atoms. The van der Waals surface area contributed by atoms with E-state index in [0.29, 0.717) is 0 Å². The van der Waals surface area contributed by atoms with Gasteiger partial charge in [0.05, 0.1) is 5.56 Å². The maximum absolute atomic E-state index is 12.7. The molecule has 1 heterocycles. The SMILES string of the molecule is CC(=O)N[C@@H]1[C@@H](OC(=O)c2cccc(O)c2)O[C@@H](COC(C)=O)[C@@H](OC(C)=O)[C@@H]1OC(C)=O. The van der Waals surface area contributed by atoms with Crippen molar-refractivity contribution in [2.24, 2.45) is 0 Å². The number of amides is 1. The van der Waals surface area contributed by atoms with Crippen molar-refractivity contribution >= 4 is 29.8 Å². The van der Waals surface area contributed by atoms with E-state index in [0.717, 1.165) is 26.8 Å². The molecule has 1 fully saturated rings. The quantitative estimate of drug-likeness (QED) is 0.416. The van der Waals surface area contributed by atoms with Crippen LogP contribution in [0.2, 0.25) is 0 Å². The second-order valence-corrected chi connectivity index (χ2v) is 7.18. The molecule has 1 aliphatic rings. The van der Waals surface area contributed by atoms with Crippen LogP contribution in [-0.4, -0.2) is 72.1 Å². The first-order valence-corrected chi connectivity index (χ1v) is 9.88. The Morgan fingerprint density at radius 1 is 0.939 bits per heavy atom. The summed E-state index contributed by atoms with van der Waals surface area (Å²) >= 11 is 0. The van der Waals surface area contributed by atoms with Gasteiger partial charge in [0.15, 0.2) is 12.2 Å². The van der Waals surface area contributed by atoms with Crippen LogP contribution in [0.5, 0.6) is 5.75 Å². The first-order chi connectivity index (χ1) is 15.5. The van der Waals surface area contributed by atoms with Crippen molar-refractivity contribution in [2.45, 2.75) is 58.3 Å². The molecule has 1 amide bonds. The average molecular weight is 467 g/mol. The molecule has 33 heavy (non-hydrogen) atoms. The maximum Gasteiger partial charge on any atom is 0.340 e. The van der Waals surface area contributed by atoms with Crippen LogP contribution in [0.15, 0.2) is 24.3 Å². The van der Waals surface area contributed by atoms with Gasteiger partial charge in [-0.2, -0.15) is 0 Å². The zero-order valence-electron chi connectivity index (χ0n) is 18.4. The number of phenolic OH excluding ortho intramolecular Hbond substituents is 1. The molecule has 1 saturated heterocycles. The number of hydrogen-bond donors (Lipinski definition) is 2. The van der Waals surface area contributed by atoms with Crippen LogP contribution < -0.4 is 5.32 Å². The summed E-state index contributed by atoms with van der Waals surface area (Å²) in [6.45, 7) is 4.09. The fraction of sp³-hybridized carbons (Fsp3) is 0.476. The summed E-state index contributed by atoms with van der Waals surface area (Å²) in [7, 11) is 0. The Kier molecular flexibility index (Phi) is 8.74. The number of nitrogens with one attached hydrogen (secondary N) is 1. The molecule has 12 nitrogen and oxygen atoms in total. The van der Waals surface area contributed by atoms with Crippen LogP contribution >= 0.6 is 0 Å². The van der Waals surface area contributed by atoms with Crippen LogP contribution in [0.25, 0.3) is 0 Å². The Morgan fingerprint density at radius 3 is 2.12 bits per heavy atom. The molecule has 1 aliphatic heterocycles. The number of esters is 4. The highest BCUT2D eigenvalue weighted by Crippen LogP contribution is 2.28.